The van der Waals surface area contributed by atoms with Crippen LogP contribution in [0.5, 0.6) is 6.01 Å². The summed E-state index contributed by atoms with van der Waals surface area (Å²) in [6.45, 7) is 3.94. The molecule has 5 aliphatic heterocycles. The van der Waals surface area contributed by atoms with E-state index in [4.69, 9.17) is 27.1 Å². The van der Waals surface area contributed by atoms with Crippen molar-refractivity contribution >= 4 is 60.7 Å². The third-order valence-corrected chi connectivity index (χ3v) is 14.3. The van der Waals surface area contributed by atoms with Gasteiger partial charge in [0.2, 0.25) is 5.91 Å². The molecule has 1 saturated carbocycles. The van der Waals surface area contributed by atoms with Crippen molar-refractivity contribution in [2.75, 3.05) is 56.5 Å². The quantitative estimate of drug-likeness (QED) is 0.204. The van der Waals surface area contributed by atoms with E-state index in [2.05, 4.69) is 26.2 Å². The summed E-state index contributed by atoms with van der Waals surface area (Å²) in [5, 5.41) is 14.1. The average Bonchev–Trinajstić information content (AvgIpc) is 4.01. The van der Waals surface area contributed by atoms with Gasteiger partial charge in [0.15, 0.2) is 5.82 Å². The second-order valence-corrected chi connectivity index (χ2v) is 17.9. The van der Waals surface area contributed by atoms with Gasteiger partial charge in [-0.2, -0.15) is 15.2 Å². The topological polar surface area (TPSA) is 134 Å². The maximum Gasteiger partial charge on any atom is 0.319 e. The van der Waals surface area contributed by atoms with Gasteiger partial charge in [-0.15, -0.1) is 11.3 Å². The number of nitriles is 1. The van der Waals surface area contributed by atoms with Crippen molar-refractivity contribution in [2.24, 2.45) is 11.3 Å². The van der Waals surface area contributed by atoms with E-state index in [0.29, 0.717) is 55.8 Å². The number of thiophene rings is 1. The number of anilines is 2. The molecule has 0 bridgehead atoms. The number of nitrogens with zero attached hydrogens (tertiary/aromatic N) is 6. The number of nitrogens with one attached hydrogen (secondary N) is 1. The van der Waals surface area contributed by atoms with Crippen LogP contribution in [-0.4, -0.2) is 95.3 Å². The molecule has 15 heteroatoms. The molecule has 2 aromatic carbocycles. The summed E-state index contributed by atoms with van der Waals surface area (Å²) in [7, 11) is 0. The lowest BCUT2D eigenvalue weighted by atomic mass is 9.79. The van der Waals surface area contributed by atoms with Crippen LogP contribution < -0.4 is 20.7 Å². The molecule has 5 atom stereocenters. The monoisotopic (exact) mass is 776 g/mol. The summed E-state index contributed by atoms with van der Waals surface area (Å²) in [6.07, 6.45) is 6.21. The van der Waals surface area contributed by atoms with Gasteiger partial charge in [-0.05, 0) is 75.1 Å². The van der Waals surface area contributed by atoms with Crippen molar-refractivity contribution in [2.45, 2.75) is 75.2 Å². The minimum atomic E-state index is -0.945. The Hall–Kier alpha value is -3.90. The maximum atomic E-state index is 17.2. The molecule has 6 aliphatic rings. The fourth-order valence-electron chi connectivity index (χ4n) is 10.2. The van der Waals surface area contributed by atoms with E-state index in [1.165, 1.54) is 25.0 Å². The largest absolute Gasteiger partial charge is 0.461 e. The molecule has 2 aromatic heterocycles. The molecule has 54 heavy (non-hydrogen) atoms. The Kier molecular flexibility index (Phi) is 8.04. The van der Waals surface area contributed by atoms with Gasteiger partial charge < -0.3 is 20.3 Å². The first-order valence-corrected chi connectivity index (χ1v) is 20.2. The van der Waals surface area contributed by atoms with E-state index in [-0.39, 0.29) is 72.3 Å². The van der Waals surface area contributed by atoms with Crippen LogP contribution in [0.1, 0.15) is 56.9 Å². The van der Waals surface area contributed by atoms with E-state index >= 15 is 8.78 Å². The second kappa shape index (κ2) is 12.6. The van der Waals surface area contributed by atoms with Gasteiger partial charge in [-0.25, -0.2) is 13.2 Å². The van der Waals surface area contributed by atoms with E-state index in [9.17, 15) is 14.4 Å². The summed E-state index contributed by atoms with van der Waals surface area (Å²) in [5.41, 5.74) is 5.70. The lowest BCUT2D eigenvalue weighted by molar-refractivity contribution is -0.134. The molecule has 5 saturated heterocycles. The van der Waals surface area contributed by atoms with Gasteiger partial charge >= 0.3 is 6.01 Å². The second-order valence-electron chi connectivity index (χ2n) is 16.4. The fraction of sp³-hybridized carbons (Fsp3) is 0.538. The van der Waals surface area contributed by atoms with Gasteiger partial charge in [0, 0.05) is 66.9 Å². The Balaban J connectivity index is 1.04. The van der Waals surface area contributed by atoms with Gasteiger partial charge in [-0.3, -0.25) is 15.0 Å². The van der Waals surface area contributed by atoms with Gasteiger partial charge in [0.1, 0.15) is 47.0 Å². The number of nitrogens with two attached hydrogens (primary N) is 1. The van der Waals surface area contributed by atoms with Crippen molar-refractivity contribution in [3.8, 4) is 23.2 Å². The first kappa shape index (κ1) is 34.6. The molecule has 1 aliphatic carbocycles. The molecule has 6 fully saturated rings. The van der Waals surface area contributed by atoms with Gasteiger partial charge in [-0.1, -0.05) is 17.7 Å². The Labute approximate surface area is 319 Å². The number of rotatable bonds is 7. The minimum absolute atomic E-state index is 0.0257. The molecule has 10 rings (SSSR count). The minimum Gasteiger partial charge on any atom is -0.461 e. The van der Waals surface area contributed by atoms with Crippen LogP contribution in [0.3, 0.4) is 0 Å². The van der Waals surface area contributed by atoms with Crippen molar-refractivity contribution in [3.63, 3.8) is 0 Å². The number of amides is 1. The lowest BCUT2D eigenvalue weighted by Crippen LogP contribution is -2.49. The summed E-state index contributed by atoms with van der Waals surface area (Å²) in [5.74, 6) is -0.0434. The zero-order chi connectivity index (χ0) is 37.1. The van der Waals surface area contributed by atoms with Crippen LogP contribution in [0, 0.1) is 34.3 Å². The van der Waals surface area contributed by atoms with Crippen molar-refractivity contribution in [1.82, 2.24) is 25.1 Å². The SMILES string of the molecule is N#Cc1c(N)sc2c(F)ccc(-c3c(Cl)cc4c(N5CCC6(CCCN(C(=O)[C@@H]7N[C@H]7C7CC7)C6)C5)nc(OC[C@@]56CCCN5C[C@H](F)C6)nc4c3F)c12. The predicted octanol–water partition coefficient (Wildman–Crippen LogP) is 6.42. The van der Waals surface area contributed by atoms with Crippen molar-refractivity contribution < 1.29 is 22.7 Å². The number of benzene rings is 2. The summed E-state index contributed by atoms with van der Waals surface area (Å²) < 4.78 is 53.4. The van der Waals surface area contributed by atoms with Crippen LogP contribution in [-0.2, 0) is 4.79 Å². The molecular weight excluding hydrogens is 737 g/mol. The van der Waals surface area contributed by atoms with E-state index < -0.39 is 23.3 Å². The first-order valence-electron chi connectivity index (χ1n) is 19.0. The third kappa shape index (κ3) is 5.51. The molecule has 1 unspecified atom stereocenters. The highest BCUT2D eigenvalue weighted by Gasteiger charge is 2.54. The number of aromatic nitrogens is 2. The molecule has 1 spiro atoms. The average molecular weight is 777 g/mol. The molecule has 7 heterocycles. The van der Waals surface area contributed by atoms with E-state index in [1.54, 1.807) is 6.07 Å². The number of halogens is 4. The Morgan fingerprint density at radius 1 is 1.15 bits per heavy atom. The number of piperidine rings is 1. The van der Waals surface area contributed by atoms with Crippen LogP contribution in [0.15, 0.2) is 18.2 Å². The molecule has 10 nitrogen and oxygen atoms in total. The first-order chi connectivity index (χ1) is 26.1. The number of ether oxygens (including phenoxy) is 1. The highest BCUT2D eigenvalue weighted by atomic mass is 35.5. The van der Waals surface area contributed by atoms with Crippen molar-refractivity contribution in [3.05, 3.63) is 40.4 Å². The standard InChI is InChI=1S/C39H40ClF3N8O2S/c40-25-13-23-31(29(43)28(25)22-5-6-26(42)33-27(22)24(15-44)34(45)54-33)47-37(53-19-39-8-2-11-51(39)16-21(41)14-39)48-35(23)49-12-9-38(17-49)7-1-10-50(18-38)36(52)32-30(46-32)20-3-4-20/h5-6,13,20-21,30,32,46H,1-4,7-12,14,16-19,45H2/t21-,30+,32-,38?,39+/m1/s1. The smallest absolute Gasteiger partial charge is 0.319 e. The number of likely N-dealkylation sites (tertiary alicyclic amines) is 1. The maximum absolute atomic E-state index is 17.2. The molecule has 1 amide bonds. The number of carbonyl (C=O) groups excluding carboxylic acids is 1. The Bertz CT molecular complexity index is 2280. The zero-order valence-corrected chi connectivity index (χ0v) is 31.2. The number of nitrogen functional groups attached to an aromatic ring is 1. The Morgan fingerprint density at radius 2 is 1.98 bits per heavy atom. The molecule has 4 aromatic rings. The highest BCUT2D eigenvalue weighted by Crippen LogP contribution is 2.48. The summed E-state index contributed by atoms with van der Waals surface area (Å²) in [6, 6.07) is 6.52. The Morgan fingerprint density at radius 3 is 2.80 bits per heavy atom. The summed E-state index contributed by atoms with van der Waals surface area (Å²) >= 11 is 7.88. The molecule has 0 radical (unpaired) electrons. The van der Waals surface area contributed by atoms with Gasteiger partial charge in [0.25, 0.3) is 0 Å². The number of alkyl halides is 1. The number of hydrogen-bond acceptors (Lipinski definition) is 10. The van der Waals surface area contributed by atoms with Crippen LogP contribution in [0.2, 0.25) is 5.02 Å². The lowest BCUT2D eigenvalue weighted by Gasteiger charge is -2.40. The van der Waals surface area contributed by atoms with Crippen LogP contribution in [0.25, 0.3) is 32.1 Å². The normalized spacial score (nSPS) is 29.4. The number of carbonyl (C=O) groups is 1. The van der Waals surface area contributed by atoms with E-state index in [0.717, 1.165) is 56.5 Å². The van der Waals surface area contributed by atoms with Crippen LogP contribution in [0.4, 0.5) is 24.0 Å². The summed E-state index contributed by atoms with van der Waals surface area (Å²) in [4.78, 5) is 29.4. The van der Waals surface area contributed by atoms with Crippen LogP contribution >= 0.6 is 22.9 Å². The number of hydrogen-bond donors (Lipinski definition) is 2. The molecule has 3 N–H and O–H groups in total. The number of fused-ring (bicyclic) bond motifs is 3. The third-order valence-electron chi connectivity index (χ3n) is 13.0. The van der Waals surface area contributed by atoms with E-state index in [1.807, 2.05) is 4.90 Å². The van der Waals surface area contributed by atoms with Crippen molar-refractivity contribution in [1.29, 1.82) is 5.26 Å². The molecular formula is C39H40ClF3N8O2S. The molecule has 282 valence electrons. The van der Waals surface area contributed by atoms with Gasteiger partial charge in [0.05, 0.1) is 20.8 Å². The zero-order valence-electron chi connectivity index (χ0n) is 29.6. The predicted molar refractivity (Wildman–Crippen MR) is 201 cm³/mol. The highest BCUT2D eigenvalue weighted by molar-refractivity contribution is 7.23. The fourth-order valence-corrected chi connectivity index (χ4v) is 11.4.